The van der Waals surface area contributed by atoms with Crippen molar-refractivity contribution in [3.05, 3.63) is 53.1 Å². The van der Waals surface area contributed by atoms with Crippen LogP contribution < -0.4 is 15.1 Å². The molecular formula is C19H22ClN3O2. The van der Waals surface area contributed by atoms with Crippen LogP contribution in [0.25, 0.3) is 0 Å². The van der Waals surface area contributed by atoms with Gasteiger partial charge in [-0.25, -0.2) is 0 Å². The van der Waals surface area contributed by atoms with Crippen LogP contribution >= 0.6 is 11.6 Å². The molecule has 132 valence electrons. The lowest BCUT2D eigenvalue weighted by Gasteiger charge is -2.31. The summed E-state index contributed by atoms with van der Waals surface area (Å²) in [5.41, 5.74) is 3.16. The van der Waals surface area contributed by atoms with E-state index in [9.17, 15) is 4.79 Å². The number of hydrogen-bond acceptors (Lipinski definition) is 4. The van der Waals surface area contributed by atoms with Crippen molar-refractivity contribution in [3.63, 3.8) is 0 Å². The number of anilines is 3. The van der Waals surface area contributed by atoms with E-state index >= 15 is 0 Å². The molecular weight excluding hydrogens is 338 g/mol. The molecule has 0 saturated carbocycles. The fraction of sp³-hybridized carbons (Fsp3) is 0.316. The Bertz CT molecular complexity index is 758. The largest absolute Gasteiger partial charge is 0.378 e. The molecule has 1 aliphatic heterocycles. The molecule has 3 rings (SSSR count). The first-order valence-corrected chi connectivity index (χ1v) is 8.64. The highest BCUT2D eigenvalue weighted by Gasteiger charge is 2.19. The Morgan fingerprint density at radius 2 is 1.88 bits per heavy atom. The second-order valence-electron chi connectivity index (χ2n) is 6.13. The van der Waals surface area contributed by atoms with Gasteiger partial charge in [0.15, 0.2) is 0 Å². The Kier molecular flexibility index (Phi) is 5.46. The summed E-state index contributed by atoms with van der Waals surface area (Å²) >= 11 is 6.42. The molecule has 0 aromatic heterocycles. The maximum Gasteiger partial charge on any atom is 0.255 e. The zero-order valence-electron chi connectivity index (χ0n) is 14.5. The maximum absolute atomic E-state index is 12.7. The summed E-state index contributed by atoms with van der Waals surface area (Å²) in [7, 11) is 3.90. The Morgan fingerprint density at radius 1 is 1.16 bits per heavy atom. The summed E-state index contributed by atoms with van der Waals surface area (Å²) in [4.78, 5) is 16.8. The predicted molar refractivity (Wildman–Crippen MR) is 103 cm³/mol. The number of amides is 1. The molecule has 1 heterocycles. The van der Waals surface area contributed by atoms with Crippen molar-refractivity contribution >= 4 is 34.6 Å². The van der Waals surface area contributed by atoms with E-state index < -0.39 is 0 Å². The highest BCUT2D eigenvalue weighted by molar-refractivity contribution is 6.34. The van der Waals surface area contributed by atoms with E-state index in [1.54, 1.807) is 6.07 Å². The molecule has 2 aromatic rings. The van der Waals surface area contributed by atoms with Crippen LogP contribution in [0.5, 0.6) is 0 Å². The lowest BCUT2D eigenvalue weighted by molar-refractivity contribution is 0.102. The molecule has 0 bridgehead atoms. The Balaban J connectivity index is 1.86. The number of benzene rings is 2. The van der Waals surface area contributed by atoms with E-state index in [-0.39, 0.29) is 5.91 Å². The van der Waals surface area contributed by atoms with Crippen molar-refractivity contribution in [2.45, 2.75) is 0 Å². The molecule has 1 amide bonds. The number of nitrogens with zero attached hydrogens (tertiary/aromatic N) is 2. The SMILES string of the molecule is CN(C)c1cccc(C(=O)Nc2cccc(Cl)c2N2CCOCC2)c1. The van der Waals surface area contributed by atoms with Gasteiger partial charge in [0.2, 0.25) is 0 Å². The van der Waals surface area contributed by atoms with Crippen LogP contribution in [0, 0.1) is 0 Å². The van der Waals surface area contributed by atoms with Crippen molar-refractivity contribution in [1.82, 2.24) is 0 Å². The minimum absolute atomic E-state index is 0.152. The maximum atomic E-state index is 12.7. The van der Waals surface area contributed by atoms with Gasteiger partial charge in [0, 0.05) is 38.4 Å². The molecule has 6 heteroatoms. The summed E-state index contributed by atoms with van der Waals surface area (Å²) < 4.78 is 5.41. The first-order chi connectivity index (χ1) is 12.1. The van der Waals surface area contributed by atoms with Crippen LogP contribution in [0.15, 0.2) is 42.5 Å². The molecule has 2 aromatic carbocycles. The van der Waals surface area contributed by atoms with Gasteiger partial charge in [0.1, 0.15) is 0 Å². The smallest absolute Gasteiger partial charge is 0.255 e. The van der Waals surface area contributed by atoms with Crippen molar-refractivity contribution in [3.8, 4) is 0 Å². The molecule has 0 spiro atoms. The molecule has 5 nitrogen and oxygen atoms in total. The summed E-state index contributed by atoms with van der Waals surface area (Å²) in [5, 5.41) is 3.63. The van der Waals surface area contributed by atoms with Crippen LogP contribution in [-0.4, -0.2) is 46.3 Å². The Labute approximate surface area is 153 Å². The Morgan fingerprint density at radius 3 is 2.60 bits per heavy atom. The number of ether oxygens (including phenoxy) is 1. The normalized spacial score (nSPS) is 14.3. The highest BCUT2D eigenvalue weighted by atomic mass is 35.5. The van der Waals surface area contributed by atoms with Crippen LogP contribution in [0.4, 0.5) is 17.1 Å². The lowest BCUT2D eigenvalue weighted by atomic mass is 10.1. The predicted octanol–water partition coefficient (Wildman–Crippen LogP) is 3.49. The number of carbonyl (C=O) groups excluding carboxylic acids is 1. The summed E-state index contributed by atoms with van der Waals surface area (Å²) in [6.45, 7) is 2.82. The van der Waals surface area contributed by atoms with E-state index in [4.69, 9.17) is 16.3 Å². The Hall–Kier alpha value is -2.24. The fourth-order valence-electron chi connectivity index (χ4n) is 2.84. The average Bonchev–Trinajstić information content (AvgIpc) is 2.62. The van der Waals surface area contributed by atoms with E-state index in [2.05, 4.69) is 10.2 Å². The van der Waals surface area contributed by atoms with Gasteiger partial charge in [0.25, 0.3) is 5.91 Å². The number of halogens is 1. The number of morpholine rings is 1. The van der Waals surface area contributed by atoms with E-state index in [0.29, 0.717) is 23.8 Å². The average molecular weight is 360 g/mol. The third-order valence-electron chi connectivity index (χ3n) is 4.19. The lowest BCUT2D eigenvalue weighted by Crippen LogP contribution is -2.37. The molecule has 1 N–H and O–H groups in total. The number of hydrogen-bond donors (Lipinski definition) is 1. The van der Waals surface area contributed by atoms with Gasteiger partial charge >= 0.3 is 0 Å². The van der Waals surface area contributed by atoms with Crippen LogP contribution in [-0.2, 0) is 4.74 Å². The zero-order chi connectivity index (χ0) is 17.8. The molecule has 0 aliphatic carbocycles. The second-order valence-corrected chi connectivity index (χ2v) is 6.54. The molecule has 1 aliphatic rings. The quantitative estimate of drug-likeness (QED) is 0.907. The fourth-order valence-corrected chi connectivity index (χ4v) is 3.14. The van der Waals surface area contributed by atoms with Gasteiger partial charge < -0.3 is 19.9 Å². The third-order valence-corrected chi connectivity index (χ3v) is 4.49. The topological polar surface area (TPSA) is 44.8 Å². The molecule has 0 unspecified atom stereocenters. The van der Waals surface area contributed by atoms with Crippen LogP contribution in [0.2, 0.25) is 5.02 Å². The van der Waals surface area contributed by atoms with Gasteiger partial charge in [-0.1, -0.05) is 23.7 Å². The monoisotopic (exact) mass is 359 g/mol. The number of rotatable bonds is 4. The molecule has 0 radical (unpaired) electrons. The highest BCUT2D eigenvalue weighted by Crippen LogP contribution is 2.34. The van der Waals surface area contributed by atoms with E-state index in [1.165, 1.54) is 0 Å². The van der Waals surface area contributed by atoms with Crippen molar-refractivity contribution in [1.29, 1.82) is 0 Å². The molecule has 25 heavy (non-hydrogen) atoms. The van der Waals surface area contributed by atoms with Crippen molar-refractivity contribution in [2.24, 2.45) is 0 Å². The van der Waals surface area contributed by atoms with Gasteiger partial charge in [-0.3, -0.25) is 4.79 Å². The van der Waals surface area contributed by atoms with Gasteiger partial charge in [0.05, 0.1) is 29.6 Å². The molecule has 1 fully saturated rings. The van der Waals surface area contributed by atoms with Crippen LogP contribution in [0.3, 0.4) is 0 Å². The van der Waals surface area contributed by atoms with E-state index in [0.717, 1.165) is 30.2 Å². The van der Waals surface area contributed by atoms with E-state index in [1.807, 2.05) is 55.4 Å². The second kappa shape index (κ2) is 7.76. The summed E-state index contributed by atoms with van der Waals surface area (Å²) in [6.07, 6.45) is 0. The van der Waals surface area contributed by atoms with Crippen LogP contribution in [0.1, 0.15) is 10.4 Å². The number of nitrogens with one attached hydrogen (secondary N) is 1. The van der Waals surface area contributed by atoms with Gasteiger partial charge in [-0.15, -0.1) is 0 Å². The standard InChI is InChI=1S/C19H22ClN3O2/c1-22(2)15-6-3-5-14(13-15)19(24)21-17-8-4-7-16(20)18(17)23-9-11-25-12-10-23/h3-8,13H,9-12H2,1-2H3,(H,21,24). The van der Waals surface area contributed by atoms with Crippen molar-refractivity contribution < 1.29 is 9.53 Å². The molecule has 0 atom stereocenters. The zero-order valence-corrected chi connectivity index (χ0v) is 15.2. The number of para-hydroxylation sites is 1. The summed E-state index contributed by atoms with van der Waals surface area (Å²) in [5.74, 6) is -0.152. The van der Waals surface area contributed by atoms with Gasteiger partial charge in [-0.2, -0.15) is 0 Å². The molecule has 1 saturated heterocycles. The third kappa shape index (κ3) is 4.06. The van der Waals surface area contributed by atoms with Crippen molar-refractivity contribution in [2.75, 3.05) is 55.5 Å². The first-order valence-electron chi connectivity index (χ1n) is 8.26. The number of carbonyl (C=O) groups is 1. The van der Waals surface area contributed by atoms with Gasteiger partial charge in [-0.05, 0) is 30.3 Å². The summed E-state index contributed by atoms with van der Waals surface area (Å²) in [6, 6.07) is 13.1. The first kappa shape index (κ1) is 17.6. The minimum Gasteiger partial charge on any atom is -0.378 e. The minimum atomic E-state index is -0.152.